The van der Waals surface area contributed by atoms with Gasteiger partial charge in [-0.1, -0.05) is 19.1 Å². The molecule has 1 N–H and O–H groups in total. The summed E-state index contributed by atoms with van der Waals surface area (Å²) in [5.41, 5.74) is 5.66. The quantitative estimate of drug-likeness (QED) is 0.681. The Morgan fingerprint density at radius 2 is 1.77 bits per heavy atom. The van der Waals surface area contributed by atoms with Crippen molar-refractivity contribution in [2.24, 2.45) is 5.92 Å². The van der Waals surface area contributed by atoms with Gasteiger partial charge in [0.05, 0.1) is 12.5 Å². The van der Waals surface area contributed by atoms with Crippen LogP contribution in [0.3, 0.4) is 0 Å². The fraction of sp³-hybridized carbons (Fsp3) is 0.417. The number of hydrogen-bond donors (Lipinski definition) is 1. The summed E-state index contributed by atoms with van der Waals surface area (Å²) in [6, 6.07) is 9.72. The molecule has 0 saturated carbocycles. The monoisotopic (exact) mass is 420 g/mol. The number of nitrogens with zero attached hydrogens (tertiary/aromatic N) is 4. The van der Waals surface area contributed by atoms with E-state index in [0.29, 0.717) is 38.0 Å². The summed E-state index contributed by atoms with van der Waals surface area (Å²) < 4.78 is 2.16. The number of carbonyl (C=O) groups excluding carboxylic acids is 1. The predicted molar refractivity (Wildman–Crippen MR) is 118 cm³/mol. The molecule has 1 aliphatic rings. The average Bonchev–Trinajstić information content (AvgIpc) is 3.11. The number of likely N-dealkylation sites (tertiary alicyclic amines) is 1. The molecule has 0 spiro atoms. The number of carboxylic acids is 1. The zero-order valence-corrected chi connectivity index (χ0v) is 18.3. The number of fused-ring (bicyclic) bond motifs is 1. The molecule has 162 valence electrons. The fourth-order valence-corrected chi connectivity index (χ4v) is 4.33. The molecule has 0 unspecified atom stereocenters. The summed E-state index contributed by atoms with van der Waals surface area (Å²) in [5, 5.41) is 9.14. The lowest BCUT2D eigenvalue weighted by Crippen LogP contribution is -2.40. The van der Waals surface area contributed by atoms with Crippen molar-refractivity contribution in [1.29, 1.82) is 0 Å². The number of hydrogen-bond acceptors (Lipinski definition) is 4. The average molecular weight is 421 g/mol. The molecule has 7 nitrogen and oxygen atoms in total. The van der Waals surface area contributed by atoms with Crippen molar-refractivity contribution in [1.82, 2.24) is 19.4 Å². The van der Waals surface area contributed by atoms with Crippen LogP contribution in [0.2, 0.25) is 0 Å². The number of rotatable bonds is 5. The molecule has 7 heteroatoms. The number of carbonyl (C=O) groups is 2. The highest BCUT2D eigenvalue weighted by Gasteiger charge is 2.27. The SMILES string of the molecule is CCc1nc2c(C)cc(C)nc2n1Cc1ccc(C(=O)N2CCC(C(=O)O)CC2)cc1. The van der Waals surface area contributed by atoms with E-state index in [0.717, 1.165) is 40.2 Å². The van der Waals surface area contributed by atoms with E-state index >= 15 is 0 Å². The van der Waals surface area contributed by atoms with Crippen LogP contribution >= 0.6 is 0 Å². The normalized spacial score (nSPS) is 14.9. The van der Waals surface area contributed by atoms with Gasteiger partial charge in [-0.05, 0) is 56.0 Å². The van der Waals surface area contributed by atoms with Crippen LogP contribution in [0.25, 0.3) is 11.2 Å². The van der Waals surface area contributed by atoms with Crippen LogP contribution in [0.15, 0.2) is 30.3 Å². The maximum atomic E-state index is 12.8. The summed E-state index contributed by atoms with van der Waals surface area (Å²) >= 11 is 0. The van der Waals surface area contributed by atoms with Crippen LogP contribution in [0.5, 0.6) is 0 Å². The Kier molecular flexibility index (Phi) is 5.76. The standard InChI is InChI=1S/C24H28N4O3/c1-4-20-26-21-15(2)13-16(3)25-22(21)28(20)14-17-5-7-18(8-6-17)23(29)27-11-9-19(10-12-27)24(30)31/h5-8,13,19H,4,9-12,14H2,1-3H3,(H,30,31). The minimum absolute atomic E-state index is 0.0365. The predicted octanol–water partition coefficient (Wildman–Crippen LogP) is 3.60. The summed E-state index contributed by atoms with van der Waals surface area (Å²) in [7, 11) is 0. The van der Waals surface area contributed by atoms with Gasteiger partial charge in [0, 0.05) is 30.8 Å². The number of aromatic nitrogens is 3. The molecule has 0 aliphatic carbocycles. The van der Waals surface area contributed by atoms with Crippen molar-refractivity contribution in [3.8, 4) is 0 Å². The first kappa shape index (κ1) is 21.0. The van der Waals surface area contributed by atoms with Crippen molar-refractivity contribution in [3.05, 3.63) is 58.5 Å². The number of aliphatic carboxylic acids is 1. The topological polar surface area (TPSA) is 88.3 Å². The van der Waals surface area contributed by atoms with E-state index in [2.05, 4.69) is 24.5 Å². The number of carboxylic acid groups (broad SMARTS) is 1. The van der Waals surface area contributed by atoms with Gasteiger partial charge >= 0.3 is 5.97 Å². The van der Waals surface area contributed by atoms with Gasteiger partial charge in [-0.15, -0.1) is 0 Å². The first-order valence-electron chi connectivity index (χ1n) is 10.8. The number of imidazole rings is 1. The van der Waals surface area contributed by atoms with Crippen LogP contribution < -0.4 is 0 Å². The first-order valence-corrected chi connectivity index (χ1v) is 10.8. The molecular weight excluding hydrogens is 392 g/mol. The van der Waals surface area contributed by atoms with Gasteiger partial charge in [0.2, 0.25) is 0 Å². The Labute approximate surface area is 181 Å². The Morgan fingerprint density at radius 1 is 1.10 bits per heavy atom. The molecule has 1 saturated heterocycles. The molecule has 3 aromatic rings. The third-order valence-electron chi connectivity index (χ3n) is 6.09. The second-order valence-corrected chi connectivity index (χ2v) is 8.32. The van der Waals surface area contributed by atoms with Gasteiger partial charge in [0.25, 0.3) is 5.91 Å². The third kappa shape index (κ3) is 4.17. The highest BCUT2D eigenvalue weighted by molar-refractivity contribution is 5.94. The lowest BCUT2D eigenvalue weighted by Gasteiger charge is -2.30. The molecule has 1 aliphatic heterocycles. The van der Waals surface area contributed by atoms with Crippen LogP contribution in [-0.4, -0.2) is 49.5 Å². The minimum Gasteiger partial charge on any atom is -0.481 e. The Morgan fingerprint density at radius 3 is 2.39 bits per heavy atom. The number of benzene rings is 1. The molecule has 3 heterocycles. The van der Waals surface area contributed by atoms with E-state index in [1.54, 1.807) is 4.90 Å². The lowest BCUT2D eigenvalue weighted by molar-refractivity contribution is -0.143. The van der Waals surface area contributed by atoms with Crippen LogP contribution in [-0.2, 0) is 17.8 Å². The Balaban J connectivity index is 1.52. The van der Waals surface area contributed by atoms with Gasteiger partial charge < -0.3 is 14.6 Å². The van der Waals surface area contributed by atoms with Gasteiger partial charge in [-0.25, -0.2) is 9.97 Å². The highest BCUT2D eigenvalue weighted by Crippen LogP contribution is 2.22. The highest BCUT2D eigenvalue weighted by atomic mass is 16.4. The molecule has 2 aromatic heterocycles. The van der Waals surface area contributed by atoms with Crippen molar-refractivity contribution < 1.29 is 14.7 Å². The Bertz CT molecular complexity index is 1130. The summed E-state index contributed by atoms with van der Waals surface area (Å²) in [6.07, 6.45) is 1.84. The molecule has 0 bridgehead atoms. The lowest BCUT2D eigenvalue weighted by atomic mass is 9.96. The third-order valence-corrected chi connectivity index (χ3v) is 6.09. The second kappa shape index (κ2) is 8.49. The smallest absolute Gasteiger partial charge is 0.306 e. The van der Waals surface area contributed by atoms with Crippen LogP contribution in [0, 0.1) is 19.8 Å². The zero-order valence-electron chi connectivity index (χ0n) is 18.3. The van der Waals surface area contributed by atoms with E-state index in [-0.39, 0.29) is 11.8 Å². The fourth-order valence-electron chi connectivity index (χ4n) is 4.33. The molecule has 31 heavy (non-hydrogen) atoms. The molecule has 0 atom stereocenters. The van der Waals surface area contributed by atoms with Gasteiger partial charge in [-0.2, -0.15) is 0 Å². The number of aryl methyl sites for hydroxylation is 3. The van der Waals surface area contributed by atoms with E-state index in [1.807, 2.05) is 31.2 Å². The second-order valence-electron chi connectivity index (χ2n) is 8.32. The largest absolute Gasteiger partial charge is 0.481 e. The number of pyridine rings is 1. The molecule has 1 fully saturated rings. The van der Waals surface area contributed by atoms with Crippen LogP contribution in [0.1, 0.15) is 52.8 Å². The van der Waals surface area contributed by atoms with Gasteiger partial charge in [0.15, 0.2) is 5.65 Å². The maximum absolute atomic E-state index is 12.8. The molecule has 1 aromatic carbocycles. The van der Waals surface area contributed by atoms with Gasteiger partial charge in [-0.3, -0.25) is 9.59 Å². The van der Waals surface area contributed by atoms with E-state index in [9.17, 15) is 9.59 Å². The molecular formula is C24H28N4O3. The van der Waals surface area contributed by atoms with Crippen molar-refractivity contribution >= 4 is 23.0 Å². The van der Waals surface area contributed by atoms with Crippen molar-refractivity contribution in [2.75, 3.05) is 13.1 Å². The first-order chi connectivity index (χ1) is 14.9. The number of amides is 1. The minimum atomic E-state index is -0.769. The van der Waals surface area contributed by atoms with E-state index in [1.165, 1.54) is 0 Å². The summed E-state index contributed by atoms with van der Waals surface area (Å²) in [6.45, 7) is 7.78. The van der Waals surface area contributed by atoms with Crippen LogP contribution in [0.4, 0.5) is 0 Å². The van der Waals surface area contributed by atoms with Crippen molar-refractivity contribution in [3.63, 3.8) is 0 Å². The summed E-state index contributed by atoms with van der Waals surface area (Å²) in [5.74, 6) is -0.150. The Hall–Kier alpha value is -3.22. The molecule has 1 amide bonds. The summed E-state index contributed by atoms with van der Waals surface area (Å²) in [4.78, 5) is 35.2. The molecule has 0 radical (unpaired) electrons. The molecule has 4 rings (SSSR count). The zero-order chi connectivity index (χ0) is 22.1. The maximum Gasteiger partial charge on any atom is 0.306 e. The van der Waals surface area contributed by atoms with E-state index < -0.39 is 5.97 Å². The van der Waals surface area contributed by atoms with Gasteiger partial charge in [0.1, 0.15) is 11.3 Å². The van der Waals surface area contributed by atoms with E-state index in [4.69, 9.17) is 15.1 Å². The number of piperidine rings is 1. The van der Waals surface area contributed by atoms with Crippen molar-refractivity contribution in [2.45, 2.75) is 46.6 Å².